The first-order valence-electron chi connectivity index (χ1n) is 5.55. The third-order valence-electron chi connectivity index (χ3n) is 2.77. The molecule has 0 atom stereocenters. The van der Waals surface area contributed by atoms with Gasteiger partial charge in [0.15, 0.2) is 11.6 Å². The summed E-state index contributed by atoms with van der Waals surface area (Å²) in [7, 11) is 1.08. The molecule has 0 aliphatic heterocycles. The standard InChI is InChI=1S/C14H9F5O/c1-20-11-7-3-4-8(12(11)14(17,18)19)9-5-2-6-10(15)13(9)16/h2-7H,1H3. The van der Waals surface area contributed by atoms with E-state index in [4.69, 9.17) is 0 Å². The van der Waals surface area contributed by atoms with Crippen molar-refractivity contribution in [2.45, 2.75) is 6.18 Å². The van der Waals surface area contributed by atoms with E-state index in [1.165, 1.54) is 6.07 Å². The SMILES string of the molecule is COc1cccc(-c2cccc(F)c2F)c1C(F)(F)F. The highest BCUT2D eigenvalue weighted by Gasteiger charge is 2.38. The van der Waals surface area contributed by atoms with E-state index in [0.717, 1.165) is 37.4 Å². The molecule has 2 rings (SSSR count). The Morgan fingerprint density at radius 3 is 2.10 bits per heavy atom. The highest BCUT2D eigenvalue weighted by molar-refractivity contribution is 5.71. The average Bonchev–Trinajstić information content (AvgIpc) is 2.40. The maximum Gasteiger partial charge on any atom is 0.420 e. The first-order chi connectivity index (χ1) is 9.36. The van der Waals surface area contributed by atoms with Crippen molar-refractivity contribution >= 4 is 0 Å². The Balaban J connectivity index is 2.78. The lowest BCUT2D eigenvalue weighted by Crippen LogP contribution is -2.10. The van der Waals surface area contributed by atoms with Crippen LogP contribution in [0.3, 0.4) is 0 Å². The number of ether oxygens (including phenoxy) is 1. The summed E-state index contributed by atoms with van der Waals surface area (Å²) in [6.07, 6.45) is -4.75. The van der Waals surface area contributed by atoms with E-state index in [1.807, 2.05) is 0 Å². The molecule has 106 valence electrons. The normalized spacial score (nSPS) is 11.5. The smallest absolute Gasteiger partial charge is 0.420 e. The number of halogens is 5. The zero-order chi connectivity index (χ0) is 14.9. The van der Waals surface area contributed by atoms with Crippen LogP contribution < -0.4 is 4.74 Å². The minimum Gasteiger partial charge on any atom is -0.496 e. The lowest BCUT2D eigenvalue weighted by atomic mass is 9.98. The molecule has 0 bridgehead atoms. The van der Waals surface area contributed by atoms with Gasteiger partial charge in [-0.05, 0) is 12.1 Å². The Hall–Kier alpha value is -2.11. The summed E-state index contributed by atoms with van der Waals surface area (Å²) in [6, 6.07) is 6.54. The number of rotatable bonds is 2. The second-order valence-electron chi connectivity index (χ2n) is 3.98. The Bertz CT molecular complexity index is 634. The van der Waals surface area contributed by atoms with E-state index >= 15 is 0 Å². The van der Waals surface area contributed by atoms with Crippen LogP contribution in [0, 0.1) is 11.6 Å². The second kappa shape index (κ2) is 5.11. The van der Waals surface area contributed by atoms with Crippen LogP contribution in [0.15, 0.2) is 36.4 Å². The molecular weight excluding hydrogens is 279 g/mol. The van der Waals surface area contributed by atoms with Crippen LogP contribution in [0.1, 0.15) is 5.56 Å². The quantitative estimate of drug-likeness (QED) is 0.730. The zero-order valence-electron chi connectivity index (χ0n) is 10.3. The molecule has 2 aromatic carbocycles. The summed E-state index contributed by atoms with van der Waals surface area (Å²) in [5, 5.41) is 0. The number of methoxy groups -OCH3 is 1. The van der Waals surface area contributed by atoms with Gasteiger partial charge in [0.2, 0.25) is 0 Å². The fourth-order valence-electron chi connectivity index (χ4n) is 1.93. The molecule has 2 aromatic rings. The molecule has 0 spiro atoms. The van der Waals surface area contributed by atoms with Gasteiger partial charge in [0, 0.05) is 11.1 Å². The highest BCUT2D eigenvalue weighted by atomic mass is 19.4. The van der Waals surface area contributed by atoms with Gasteiger partial charge in [0.25, 0.3) is 0 Å². The van der Waals surface area contributed by atoms with E-state index in [-0.39, 0.29) is 0 Å². The Labute approximate surface area is 111 Å². The van der Waals surface area contributed by atoms with Gasteiger partial charge in [-0.2, -0.15) is 13.2 Å². The van der Waals surface area contributed by atoms with E-state index in [2.05, 4.69) is 4.74 Å². The van der Waals surface area contributed by atoms with Crippen LogP contribution in [0.2, 0.25) is 0 Å². The highest BCUT2D eigenvalue weighted by Crippen LogP contribution is 2.43. The minimum absolute atomic E-state index is 0.446. The molecule has 6 heteroatoms. The van der Waals surface area contributed by atoms with Crippen molar-refractivity contribution in [3.63, 3.8) is 0 Å². The van der Waals surface area contributed by atoms with Crippen molar-refractivity contribution in [3.05, 3.63) is 53.6 Å². The second-order valence-corrected chi connectivity index (χ2v) is 3.98. The monoisotopic (exact) mass is 288 g/mol. The number of hydrogen-bond acceptors (Lipinski definition) is 1. The molecular formula is C14H9F5O. The molecule has 0 N–H and O–H groups in total. The summed E-state index contributed by atoms with van der Waals surface area (Å²) >= 11 is 0. The predicted molar refractivity (Wildman–Crippen MR) is 63.3 cm³/mol. The fourth-order valence-corrected chi connectivity index (χ4v) is 1.93. The van der Waals surface area contributed by atoms with Gasteiger partial charge in [-0.1, -0.05) is 24.3 Å². The van der Waals surface area contributed by atoms with Crippen LogP contribution in [0.25, 0.3) is 11.1 Å². The van der Waals surface area contributed by atoms with E-state index in [1.54, 1.807) is 0 Å². The Morgan fingerprint density at radius 1 is 0.900 bits per heavy atom. The lowest BCUT2D eigenvalue weighted by molar-refractivity contribution is -0.138. The van der Waals surface area contributed by atoms with Crippen molar-refractivity contribution in [3.8, 4) is 16.9 Å². The minimum atomic E-state index is -4.75. The van der Waals surface area contributed by atoms with Crippen LogP contribution >= 0.6 is 0 Å². The molecule has 0 unspecified atom stereocenters. The van der Waals surface area contributed by atoms with E-state index in [0.29, 0.717) is 0 Å². The topological polar surface area (TPSA) is 9.23 Å². The number of alkyl halides is 3. The molecule has 0 amide bonds. The van der Waals surface area contributed by atoms with Crippen molar-refractivity contribution in [2.24, 2.45) is 0 Å². The van der Waals surface area contributed by atoms with Gasteiger partial charge < -0.3 is 4.74 Å². The summed E-state index contributed by atoms with van der Waals surface area (Å²) in [4.78, 5) is 0. The van der Waals surface area contributed by atoms with Crippen molar-refractivity contribution in [2.75, 3.05) is 7.11 Å². The van der Waals surface area contributed by atoms with Gasteiger partial charge in [-0.3, -0.25) is 0 Å². The zero-order valence-corrected chi connectivity index (χ0v) is 10.3. The molecule has 20 heavy (non-hydrogen) atoms. The van der Waals surface area contributed by atoms with E-state index < -0.39 is 40.3 Å². The summed E-state index contributed by atoms with van der Waals surface area (Å²) in [5.74, 6) is -2.98. The van der Waals surface area contributed by atoms with Crippen molar-refractivity contribution < 1.29 is 26.7 Å². The summed E-state index contributed by atoms with van der Waals surface area (Å²) < 4.78 is 70.9. The molecule has 0 fully saturated rings. The molecule has 0 heterocycles. The van der Waals surface area contributed by atoms with Crippen molar-refractivity contribution in [1.29, 1.82) is 0 Å². The fraction of sp³-hybridized carbons (Fsp3) is 0.143. The molecule has 0 radical (unpaired) electrons. The molecule has 1 nitrogen and oxygen atoms in total. The third-order valence-corrected chi connectivity index (χ3v) is 2.77. The lowest BCUT2D eigenvalue weighted by Gasteiger charge is -2.17. The largest absolute Gasteiger partial charge is 0.496 e. The first-order valence-corrected chi connectivity index (χ1v) is 5.55. The third kappa shape index (κ3) is 2.45. The Morgan fingerprint density at radius 2 is 1.50 bits per heavy atom. The van der Waals surface area contributed by atoms with Gasteiger partial charge in [-0.15, -0.1) is 0 Å². The molecule has 0 aromatic heterocycles. The number of benzene rings is 2. The predicted octanol–water partition coefficient (Wildman–Crippen LogP) is 4.66. The Kier molecular flexibility index (Phi) is 3.65. The van der Waals surface area contributed by atoms with E-state index in [9.17, 15) is 22.0 Å². The molecule has 0 aliphatic rings. The average molecular weight is 288 g/mol. The first kappa shape index (κ1) is 14.3. The van der Waals surface area contributed by atoms with Crippen LogP contribution in [0.5, 0.6) is 5.75 Å². The van der Waals surface area contributed by atoms with Crippen LogP contribution in [-0.2, 0) is 6.18 Å². The van der Waals surface area contributed by atoms with Gasteiger partial charge >= 0.3 is 6.18 Å². The molecule has 0 aliphatic carbocycles. The van der Waals surface area contributed by atoms with Crippen molar-refractivity contribution in [1.82, 2.24) is 0 Å². The van der Waals surface area contributed by atoms with Gasteiger partial charge in [0.05, 0.1) is 7.11 Å². The number of hydrogen-bond donors (Lipinski definition) is 0. The summed E-state index contributed by atoms with van der Waals surface area (Å²) in [5.41, 5.74) is -2.06. The van der Waals surface area contributed by atoms with Crippen LogP contribution in [-0.4, -0.2) is 7.11 Å². The van der Waals surface area contributed by atoms with Gasteiger partial charge in [0.1, 0.15) is 11.3 Å². The van der Waals surface area contributed by atoms with Crippen LogP contribution in [0.4, 0.5) is 22.0 Å². The molecule has 0 saturated heterocycles. The maximum absolute atomic E-state index is 13.7. The summed E-state index contributed by atoms with van der Waals surface area (Å²) in [6.45, 7) is 0. The molecule has 0 saturated carbocycles. The van der Waals surface area contributed by atoms with Gasteiger partial charge in [-0.25, -0.2) is 8.78 Å². The maximum atomic E-state index is 13.7.